The lowest BCUT2D eigenvalue weighted by Gasteiger charge is -2.32. The minimum absolute atomic E-state index is 0.257. The van der Waals surface area contributed by atoms with Crippen molar-refractivity contribution in [3.8, 4) is 0 Å². The van der Waals surface area contributed by atoms with Gasteiger partial charge in [-0.15, -0.1) is 0 Å². The highest BCUT2D eigenvalue weighted by Gasteiger charge is 2.26. The molecule has 1 heteroatoms. The lowest BCUT2D eigenvalue weighted by Crippen LogP contribution is -2.26. The summed E-state index contributed by atoms with van der Waals surface area (Å²) >= 11 is 0. The first-order valence-electron chi connectivity index (χ1n) is 8.63. The number of hydrogen-bond acceptors (Lipinski definition) is 1. The van der Waals surface area contributed by atoms with Crippen LogP contribution in [0.25, 0.3) is 0 Å². The van der Waals surface area contributed by atoms with Crippen molar-refractivity contribution < 1.29 is 0 Å². The Labute approximate surface area is 124 Å². The van der Waals surface area contributed by atoms with E-state index in [1.54, 1.807) is 0 Å². The van der Waals surface area contributed by atoms with Gasteiger partial charge in [-0.3, -0.25) is 0 Å². The van der Waals surface area contributed by atoms with E-state index in [4.69, 9.17) is 5.73 Å². The summed E-state index contributed by atoms with van der Waals surface area (Å²) in [6.07, 6.45) is 10.9. The van der Waals surface area contributed by atoms with Gasteiger partial charge in [-0.2, -0.15) is 0 Å². The summed E-state index contributed by atoms with van der Waals surface area (Å²) < 4.78 is 0. The van der Waals surface area contributed by atoms with Crippen LogP contribution in [0.5, 0.6) is 0 Å². The normalized spacial score (nSPS) is 28.9. The van der Waals surface area contributed by atoms with E-state index >= 15 is 0 Å². The van der Waals surface area contributed by atoms with Crippen molar-refractivity contribution in [2.75, 3.05) is 0 Å². The van der Waals surface area contributed by atoms with E-state index in [1.165, 1.54) is 62.5 Å². The zero-order valence-corrected chi connectivity index (χ0v) is 12.9. The van der Waals surface area contributed by atoms with Crippen molar-refractivity contribution in [1.82, 2.24) is 0 Å². The molecule has 1 aromatic rings. The number of benzene rings is 1. The van der Waals surface area contributed by atoms with E-state index < -0.39 is 0 Å². The molecule has 2 saturated carbocycles. The fourth-order valence-corrected chi connectivity index (χ4v) is 3.99. The molecular weight excluding hydrogens is 242 g/mol. The van der Waals surface area contributed by atoms with Gasteiger partial charge >= 0.3 is 0 Å². The van der Waals surface area contributed by atoms with Gasteiger partial charge in [0.1, 0.15) is 0 Å². The third-order valence-electron chi connectivity index (χ3n) is 5.85. The van der Waals surface area contributed by atoms with Crippen molar-refractivity contribution in [3.63, 3.8) is 0 Å². The second-order valence-electron chi connectivity index (χ2n) is 7.01. The third kappa shape index (κ3) is 2.93. The molecule has 0 saturated heterocycles. The zero-order chi connectivity index (χ0) is 13.9. The van der Waals surface area contributed by atoms with Crippen LogP contribution >= 0.6 is 0 Å². The molecule has 0 radical (unpaired) electrons. The number of hydrogen-bond donors (Lipinski definition) is 1. The summed E-state index contributed by atoms with van der Waals surface area (Å²) in [7, 11) is 0. The topological polar surface area (TPSA) is 26.0 Å². The van der Waals surface area contributed by atoms with Gasteiger partial charge in [0.05, 0.1) is 0 Å². The van der Waals surface area contributed by atoms with Crippen LogP contribution in [0.4, 0.5) is 0 Å². The van der Waals surface area contributed by atoms with E-state index in [0.717, 1.165) is 11.8 Å². The molecule has 2 aliphatic carbocycles. The SMILES string of the molecule is CCC1CCC(C(N)c2cccc(C3CCC3)c2)CC1. The molecular formula is C19H29N. The number of nitrogens with two attached hydrogens (primary N) is 1. The minimum Gasteiger partial charge on any atom is -0.324 e. The Morgan fingerprint density at radius 3 is 2.45 bits per heavy atom. The maximum Gasteiger partial charge on any atom is 0.0323 e. The van der Waals surface area contributed by atoms with E-state index in [9.17, 15) is 0 Å². The first kappa shape index (κ1) is 14.1. The van der Waals surface area contributed by atoms with Crippen molar-refractivity contribution in [1.29, 1.82) is 0 Å². The maximum atomic E-state index is 6.59. The molecule has 1 unspecified atom stereocenters. The molecule has 0 aliphatic heterocycles. The molecule has 3 rings (SSSR count). The predicted molar refractivity (Wildman–Crippen MR) is 85.7 cm³/mol. The van der Waals surface area contributed by atoms with E-state index in [0.29, 0.717) is 5.92 Å². The molecule has 1 atom stereocenters. The fraction of sp³-hybridized carbons (Fsp3) is 0.684. The van der Waals surface area contributed by atoms with Crippen LogP contribution in [-0.4, -0.2) is 0 Å². The van der Waals surface area contributed by atoms with Crippen LogP contribution in [0.2, 0.25) is 0 Å². The average Bonchev–Trinajstić information content (AvgIpc) is 2.45. The Kier molecular flexibility index (Phi) is 4.45. The summed E-state index contributed by atoms with van der Waals surface area (Å²) in [6, 6.07) is 9.43. The van der Waals surface area contributed by atoms with Gasteiger partial charge in [0, 0.05) is 6.04 Å². The third-order valence-corrected chi connectivity index (χ3v) is 5.85. The Hall–Kier alpha value is -0.820. The molecule has 2 fully saturated rings. The molecule has 2 aliphatic rings. The predicted octanol–water partition coefficient (Wildman–Crippen LogP) is 5.17. The van der Waals surface area contributed by atoms with Crippen LogP contribution in [0.3, 0.4) is 0 Å². The van der Waals surface area contributed by atoms with Crippen LogP contribution in [0, 0.1) is 11.8 Å². The molecule has 1 nitrogen and oxygen atoms in total. The molecule has 0 aromatic heterocycles. The Morgan fingerprint density at radius 2 is 1.85 bits per heavy atom. The summed E-state index contributed by atoms with van der Waals surface area (Å²) in [5.74, 6) is 2.48. The maximum absolute atomic E-state index is 6.59. The van der Waals surface area contributed by atoms with Gasteiger partial charge in [-0.25, -0.2) is 0 Å². The Balaban J connectivity index is 1.66. The molecule has 110 valence electrons. The molecule has 0 spiro atoms. The largest absolute Gasteiger partial charge is 0.324 e. The summed E-state index contributed by atoms with van der Waals surface area (Å²) in [5.41, 5.74) is 9.50. The first-order chi connectivity index (χ1) is 9.78. The summed E-state index contributed by atoms with van der Waals surface area (Å²) in [5, 5.41) is 0. The summed E-state index contributed by atoms with van der Waals surface area (Å²) in [4.78, 5) is 0. The molecule has 20 heavy (non-hydrogen) atoms. The van der Waals surface area contributed by atoms with Gasteiger partial charge in [0.2, 0.25) is 0 Å². The lowest BCUT2D eigenvalue weighted by molar-refractivity contribution is 0.240. The standard InChI is InChI=1S/C19H29N/c1-2-14-9-11-16(12-10-14)19(20)18-8-4-7-17(13-18)15-5-3-6-15/h4,7-8,13-16,19H,2-3,5-6,9-12,20H2,1H3. The van der Waals surface area contributed by atoms with Gasteiger partial charge in [0.25, 0.3) is 0 Å². The van der Waals surface area contributed by atoms with E-state index in [-0.39, 0.29) is 6.04 Å². The zero-order valence-electron chi connectivity index (χ0n) is 12.9. The highest BCUT2D eigenvalue weighted by atomic mass is 14.7. The van der Waals surface area contributed by atoms with Gasteiger partial charge in [0.15, 0.2) is 0 Å². The molecule has 2 N–H and O–H groups in total. The van der Waals surface area contributed by atoms with E-state index in [1.807, 2.05) is 0 Å². The van der Waals surface area contributed by atoms with Gasteiger partial charge < -0.3 is 5.73 Å². The first-order valence-corrected chi connectivity index (χ1v) is 8.63. The van der Waals surface area contributed by atoms with Crippen molar-refractivity contribution in [3.05, 3.63) is 35.4 Å². The smallest absolute Gasteiger partial charge is 0.0323 e. The van der Waals surface area contributed by atoms with Gasteiger partial charge in [-0.1, -0.05) is 56.9 Å². The van der Waals surface area contributed by atoms with Crippen molar-refractivity contribution in [2.24, 2.45) is 17.6 Å². The second-order valence-corrected chi connectivity index (χ2v) is 7.01. The summed E-state index contributed by atoms with van der Waals surface area (Å²) in [6.45, 7) is 2.33. The number of rotatable bonds is 4. The second kappa shape index (κ2) is 6.30. The van der Waals surface area contributed by atoms with E-state index in [2.05, 4.69) is 31.2 Å². The van der Waals surface area contributed by atoms with Gasteiger partial charge in [-0.05, 0) is 54.6 Å². The minimum atomic E-state index is 0.257. The fourth-order valence-electron chi connectivity index (χ4n) is 3.99. The molecule has 1 aromatic carbocycles. The molecule has 0 bridgehead atoms. The van der Waals surface area contributed by atoms with Crippen LogP contribution < -0.4 is 5.73 Å². The highest BCUT2D eigenvalue weighted by molar-refractivity contribution is 5.30. The van der Waals surface area contributed by atoms with Crippen molar-refractivity contribution >= 4 is 0 Å². The highest BCUT2D eigenvalue weighted by Crippen LogP contribution is 2.39. The quantitative estimate of drug-likeness (QED) is 0.803. The molecule has 0 heterocycles. The monoisotopic (exact) mass is 271 g/mol. The Bertz CT molecular complexity index is 427. The van der Waals surface area contributed by atoms with Crippen LogP contribution in [-0.2, 0) is 0 Å². The van der Waals surface area contributed by atoms with Crippen molar-refractivity contribution in [2.45, 2.75) is 70.3 Å². The lowest BCUT2D eigenvalue weighted by atomic mass is 9.75. The van der Waals surface area contributed by atoms with Crippen LogP contribution in [0.1, 0.15) is 81.4 Å². The molecule has 0 amide bonds. The van der Waals surface area contributed by atoms with Crippen LogP contribution in [0.15, 0.2) is 24.3 Å². The Morgan fingerprint density at radius 1 is 1.10 bits per heavy atom. The average molecular weight is 271 g/mol.